The molecule has 88 valence electrons. The molecule has 0 saturated heterocycles. The van der Waals surface area contributed by atoms with Crippen molar-refractivity contribution in [2.75, 3.05) is 20.8 Å². The molecule has 1 rings (SSSR count). The Morgan fingerprint density at radius 1 is 1.44 bits per heavy atom. The van der Waals surface area contributed by atoms with Crippen molar-refractivity contribution in [3.63, 3.8) is 0 Å². The van der Waals surface area contributed by atoms with Crippen LogP contribution in [-0.2, 0) is 9.53 Å². The van der Waals surface area contributed by atoms with Crippen LogP contribution in [0, 0.1) is 0 Å². The quantitative estimate of drug-likeness (QED) is 0.823. The molecule has 0 bridgehead atoms. The molecule has 0 heterocycles. The van der Waals surface area contributed by atoms with Gasteiger partial charge in [0.25, 0.3) is 0 Å². The van der Waals surface area contributed by atoms with Gasteiger partial charge in [0.05, 0.1) is 13.2 Å². The van der Waals surface area contributed by atoms with Gasteiger partial charge in [-0.15, -0.1) is 0 Å². The van der Waals surface area contributed by atoms with E-state index in [1.165, 1.54) is 7.11 Å². The minimum atomic E-state index is -0.127. The molecule has 1 aromatic carbocycles. The maximum atomic E-state index is 11.3. The summed E-state index contributed by atoms with van der Waals surface area (Å²) in [4.78, 5) is 11.3. The van der Waals surface area contributed by atoms with Gasteiger partial charge in [0.2, 0.25) is 5.91 Å². The number of methoxy groups -OCH3 is 2. The second kappa shape index (κ2) is 6.12. The fraction of sp³-hybridized carbons (Fsp3) is 0.417. The van der Waals surface area contributed by atoms with Gasteiger partial charge >= 0.3 is 0 Å². The molecular weight excluding hydrogens is 206 g/mol. The summed E-state index contributed by atoms with van der Waals surface area (Å²) < 4.78 is 9.87. The van der Waals surface area contributed by atoms with Gasteiger partial charge in [-0.3, -0.25) is 4.79 Å². The van der Waals surface area contributed by atoms with Gasteiger partial charge in [-0.25, -0.2) is 0 Å². The SMILES string of the molecule is COCC(=O)N[C@H](C)c1cccc(OC)c1. The molecule has 4 heteroatoms. The molecule has 0 aliphatic carbocycles. The summed E-state index contributed by atoms with van der Waals surface area (Å²) in [6.07, 6.45) is 0. The lowest BCUT2D eigenvalue weighted by Gasteiger charge is -2.14. The first-order valence-corrected chi connectivity index (χ1v) is 5.09. The van der Waals surface area contributed by atoms with Crippen LogP contribution in [0.5, 0.6) is 5.75 Å². The lowest BCUT2D eigenvalue weighted by Crippen LogP contribution is -2.29. The van der Waals surface area contributed by atoms with Crippen LogP contribution >= 0.6 is 0 Å². The van der Waals surface area contributed by atoms with Crippen molar-refractivity contribution >= 4 is 5.91 Å². The number of carbonyl (C=O) groups is 1. The van der Waals surface area contributed by atoms with Crippen LogP contribution < -0.4 is 10.1 Å². The van der Waals surface area contributed by atoms with E-state index in [9.17, 15) is 4.79 Å². The molecular formula is C12H17NO3. The predicted octanol–water partition coefficient (Wildman–Crippen LogP) is 1.52. The molecule has 1 aromatic rings. The molecule has 0 aliphatic heterocycles. The monoisotopic (exact) mass is 223 g/mol. The van der Waals surface area contributed by atoms with Crippen molar-refractivity contribution in [3.05, 3.63) is 29.8 Å². The van der Waals surface area contributed by atoms with E-state index in [4.69, 9.17) is 9.47 Å². The smallest absolute Gasteiger partial charge is 0.246 e. The first-order valence-electron chi connectivity index (χ1n) is 5.09. The Morgan fingerprint density at radius 2 is 2.19 bits per heavy atom. The number of carbonyl (C=O) groups excluding carboxylic acids is 1. The highest BCUT2D eigenvalue weighted by molar-refractivity contribution is 5.77. The Hall–Kier alpha value is -1.55. The standard InChI is InChI=1S/C12H17NO3/c1-9(13-12(14)8-15-2)10-5-4-6-11(7-10)16-3/h4-7,9H,8H2,1-3H3,(H,13,14)/t9-/m1/s1. The molecule has 0 aliphatic rings. The Morgan fingerprint density at radius 3 is 2.81 bits per heavy atom. The molecule has 0 fully saturated rings. The summed E-state index contributed by atoms with van der Waals surface area (Å²) in [5, 5.41) is 2.83. The third-order valence-corrected chi connectivity index (χ3v) is 2.25. The molecule has 4 nitrogen and oxygen atoms in total. The molecule has 0 radical (unpaired) electrons. The number of rotatable bonds is 5. The highest BCUT2D eigenvalue weighted by Crippen LogP contribution is 2.18. The summed E-state index contributed by atoms with van der Waals surface area (Å²) >= 11 is 0. The van der Waals surface area contributed by atoms with E-state index in [1.807, 2.05) is 31.2 Å². The zero-order valence-electron chi connectivity index (χ0n) is 9.82. The average Bonchev–Trinajstić information content (AvgIpc) is 2.29. The van der Waals surface area contributed by atoms with Crippen molar-refractivity contribution in [3.8, 4) is 5.75 Å². The van der Waals surface area contributed by atoms with Crippen LogP contribution in [0.15, 0.2) is 24.3 Å². The number of benzene rings is 1. The van der Waals surface area contributed by atoms with Crippen molar-refractivity contribution < 1.29 is 14.3 Å². The third-order valence-electron chi connectivity index (χ3n) is 2.25. The normalized spacial score (nSPS) is 11.9. The summed E-state index contributed by atoms with van der Waals surface area (Å²) in [6, 6.07) is 7.55. The summed E-state index contributed by atoms with van der Waals surface area (Å²) in [5.74, 6) is 0.656. The third kappa shape index (κ3) is 3.55. The first-order chi connectivity index (χ1) is 7.67. The zero-order valence-corrected chi connectivity index (χ0v) is 9.82. The molecule has 0 unspecified atom stereocenters. The van der Waals surface area contributed by atoms with Crippen LogP contribution in [0.25, 0.3) is 0 Å². The fourth-order valence-electron chi connectivity index (χ4n) is 1.41. The van der Waals surface area contributed by atoms with Gasteiger partial charge < -0.3 is 14.8 Å². The maximum absolute atomic E-state index is 11.3. The number of nitrogens with one attached hydrogen (secondary N) is 1. The van der Waals surface area contributed by atoms with Crippen molar-refractivity contribution in [2.24, 2.45) is 0 Å². The number of hydrogen-bond donors (Lipinski definition) is 1. The predicted molar refractivity (Wildman–Crippen MR) is 61.4 cm³/mol. The lowest BCUT2D eigenvalue weighted by molar-refractivity contribution is -0.125. The highest BCUT2D eigenvalue weighted by atomic mass is 16.5. The highest BCUT2D eigenvalue weighted by Gasteiger charge is 2.09. The molecule has 0 saturated carbocycles. The van der Waals surface area contributed by atoms with Crippen LogP contribution in [0.3, 0.4) is 0 Å². The van der Waals surface area contributed by atoms with Crippen LogP contribution in [0.4, 0.5) is 0 Å². The van der Waals surface area contributed by atoms with E-state index < -0.39 is 0 Å². The van der Waals surface area contributed by atoms with Crippen molar-refractivity contribution in [2.45, 2.75) is 13.0 Å². The summed E-state index contributed by atoms with van der Waals surface area (Å²) in [5.41, 5.74) is 1.00. The Labute approximate surface area is 95.6 Å². The minimum Gasteiger partial charge on any atom is -0.497 e. The molecule has 0 aromatic heterocycles. The van der Waals surface area contributed by atoms with Crippen molar-refractivity contribution in [1.82, 2.24) is 5.32 Å². The van der Waals surface area contributed by atoms with Gasteiger partial charge in [-0.2, -0.15) is 0 Å². The topological polar surface area (TPSA) is 47.6 Å². The average molecular weight is 223 g/mol. The van der Waals surface area contributed by atoms with Gasteiger partial charge in [0.15, 0.2) is 0 Å². The number of hydrogen-bond acceptors (Lipinski definition) is 3. The second-order valence-electron chi connectivity index (χ2n) is 3.50. The van der Waals surface area contributed by atoms with E-state index >= 15 is 0 Å². The Balaban J connectivity index is 2.64. The molecule has 1 atom stereocenters. The summed E-state index contributed by atoms with van der Waals surface area (Å²) in [6.45, 7) is 2.00. The second-order valence-corrected chi connectivity index (χ2v) is 3.50. The number of ether oxygens (including phenoxy) is 2. The van der Waals surface area contributed by atoms with Crippen LogP contribution in [-0.4, -0.2) is 26.7 Å². The van der Waals surface area contributed by atoms with Gasteiger partial charge in [-0.05, 0) is 24.6 Å². The fourth-order valence-corrected chi connectivity index (χ4v) is 1.41. The lowest BCUT2D eigenvalue weighted by atomic mass is 10.1. The van der Waals surface area contributed by atoms with Gasteiger partial charge in [0, 0.05) is 7.11 Å². The first kappa shape index (κ1) is 12.5. The van der Waals surface area contributed by atoms with Gasteiger partial charge in [-0.1, -0.05) is 12.1 Å². The molecule has 0 spiro atoms. The number of amides is 1. The van der Waals surface area contributed by atoms with Gasteiger partial charge in [0.1, 0.15) is 12.4 Å². The van der Waals surface area contributed by atoms with Crippen molar-refractivity contribution in [1.29, 1.82) is 0 Å². The Kier molecular flexibility index (Phi) is 4.79. The summed E-state index contributed by atoms with van der Waals surface area (Å²) in [7, 11) is 3.11. The largest absolute Gasteiger partial charge is 0.497 e. The van der Waals surface area contributed by atoms with E-state index in [2.05, 4.69) is 5.32 Å². The van der Waals surface area contributed by atoms with E-state index in [0.717, 1.165) is 11.3 Å². The van der Waals surface area contributed by atoms with Crippen LogP contribution in [0.1, 0.15) is 18.5 Å². The van der Waals surface area contributed by atoms with E-state index in [0.29, 0.717) is 0 Å². The van der Waals surface area contributed by atoms with Crippen LogP contribution in [0.2, 0.25) is 0 Å². The van der Waals surface area contributed by atoms with E-state index in [1.54, 1.807) is 7.11 Å². The zero-order chi connectivity index (χ0) is 12.0. The molecule has 16 heavy (non-hydrogen) atoms. The minimum absolute atomic E-state index is 0.0576. The van der Waals surface area contributed by atoms with E-state index in [-0.39, 0.29) is 18.6 Å². The maximum Gasteiger partial charge on any atom is 0.246 e. The molecule has 1 N–H and O–H groups in total. The molecule has 1 amide bonds. The Bertz CT molecular complexity index is 352.